The Bertz CT molecular complexity index is 580. The number of carbonyl (C=O) groups excluding carboxylic acids is 2. The number of hydrogen-bond acceptors (Lipinski definition) is 3. The van der Waals surface area contributed by atoms with E-state index in [0.717, 1.165) is 25.9 Å². The van der Waals surface area contributed by atoms with Gasteiger partial charge in [-0.2, -0.15) is 0 Å². The lowest BCUT2D eigenvalue weighted by Gasteiger charge is -2.31. The molecule has 24 heavy (non-hydrogen) atoms. The van der Waals surface area contributed by atoms with Crippen molar-refractivity contribution in [3.8, 4) is 0 Å². The number of amides is 2. The van der Waals surface area contributed by atoms with Gasteiger partial charge in [0.25, 0.3) is 5.91 Å². The molecule has 0 aromatic heterocycles. The SMILES string of the molecule is CNC1CCN(C(=O)CCNC(=O)c2cc(F)ccc2Br)CC1.Cl. The summed E-state index contributed by atoms with van der Waals surface area (Å²) >= 11 is 3.22. The van der Waals surface area contributed by atoms with E-state index in [9.17, 15) is 14.0 Å². The van der Waals surface area contributed by atoms with Crippen LogP contribution < -0.4 is 10.6 Å². The summed E-state index contributed by atoms with van der Waals surface area (Å²) in [4.78, 5) is 26.0. The molecule has 1 aromatic carbocycles. The van der Waals surface area contributed by atoms with Gasteiger partial charge in [0.2, 0.25) is 5.91 Å². The van der Waals surface area contributed by atoms with Gasteiger partial charge in [-0.3, -0.25) is 9.59 Å². The number of likely N-dealkylation sites (tertiary alicyclic amines) is 1. The summed E-state index contributed by atoms with van der Waals surface area (Å²) in [6.07, 6.45) is 2.15. The highest BCUT2D eigenvalue weighted by molar-refractivity contribution is 9.10. The van der Waals surface area contributed by atoms with Crippen LogP contribution in [0.2, 0.25) is 0 Å². The molecule has 0 radical (unpaired) electrons. The van der Waals surface area contributed by atoms with E-state index in [-0.39, 0.29) is 36.8 Å². The summed E-state index contributed by atoms with van der Waals surface area (Å²) in [5.41, 5.74) is 0.229. The summed E-state index contributed by atoms with van der Waals surface area (Å²) < 4.78 is 13.7. The molecule has 0 bridgehead atoms. The maximum atomic E-state index is 13.2. The zero-order valence-electron chi connectivity index (χ0n) is 13.5. The Balaban J connectivity index is 0.00000288. The van der Waals surface area contributed by atoms with Gasteiger partial charge < -0.3 is 15.5 Å². The standard InChI is InChI=1S/C16H21BrFN3O2.ClH/c1-19-12-5-8-21(9-6-12)15(22)4-7-20-16(23)13-10-11(18)2-3-14(13)17;/h2-3,10,12,19H,4-9H2,1H3,(H,20,23);1H. The summed E-state index contributed by atoms with van der Waals surface area (Å²) in [5.74, 6) is -0.821. The second kappa shape index (κ2) is 9.96. The van der Waals surface area contributed by atoms with E-state index in [1.54, 1.807) is 0 Å². The normalized spacial score (nSPS) is 14.9. The van der Waals surface area contributed by atoms with E-state index in [1.807, 2.05) is 11.9 Å². The van der Waals surface area contributed by atoms with Crippen LogP contribution in [0.3, 0.4) is 0 Å². The minimum absolute atomic E-state index is 0. The van der Waals surface area contributed by atoms with Crippen molar-refractivity contribution >= 4 is 40.2 Å². The van der Waals surface area contributed by atoms with Gasteiger partial charge in [-0.1, -0.05) is 0 Å². The molecule has 1 heterocycles. The number of benzene rings is 1. The van der Waals surface area contributed by atoms with Crippen molar-refractivity contribution in [2.45, 2.75) is 25.3 Å². The number of carbonyl (C=O) groups is 2. The fourth-order valence-corrected chi connectivity index (χ4v) is 3.05. The zero-order valence-corrected chi connectivity index (χ0v) is 15.9. The van der Waals surface area contributed by atoms with Gasteiger partial charge in [-0.05, 0) is 54.0 Å². The van der Waals surface area contributed by atoms with Crippen LogP contribution in [0.15, 0.2) is 22.7 Å². The third kappa shape index (κ3) is 5.72. The minimum Gasteiger partial charge on any atom is -0.351 e. The van der Waals surface area contributed by atoms with Crippen LogP contribution >= 0.6 is 28.3 Å². The lowest BCUT2D eigenvalue weighted by molar-refractivity contribution is -0.132. The van der Waals surface area contributed by atoms with Gasteiger partial charge in [0.1, 0.15) is 5.82 Å². The Kier molecular flexibility index (Phi) is 8.66. The summed E-state index contributed by atoms with van der Waals surface area (Å²) in [7, 11) is 1.93. The Morgan fingerprint density at radius 2 is 2.00 bits per heavy atom. The maximum absolute atomic E-state index is 13.2. The Morgan fingerprint density at radius 3 is 2.62 bits per heavy atom. The Hall–Kier alpha value is -1.18. The fourth-order valence-electron chi connectivity index (χ4n) is 2.63. The largest absolute Gasteiger partial charge is 0.351 e. The first-order chi connectivity index (χ1) is 11.0. The van der Waals surface area contributed by atoms with Gasteiger partial charge in [-0.15, -0.1) is 12.4 Å². The second-order valence-corrected chi connectivity index (χ2v) is 6.43. The highest BCUT2D eigenvalue weighted by Gasteiger charge is 2.21. The molecule has 2 N–H and O–H groups in total. The first kappa shape index (κ1) is 20.9. The fraction of sp³-hybridized carbons (Fsp3) is 0.500. The van der Waals surface area contributed by atoms with Gasteiger partial charge in [0.05, 0.1) is 5.56 Å². The smallest absolute Gasteiger partial charge is 0.252 e. The Labute approximate surface area is 155 Å². The van der Waals surface area contributed by atoms with Crippen molar-refractivity contribution in [2.75, 3.05) is 26.7 Å². The molecule has 1 aliphatic rings. The monoisotopic (exact) mass is 421 g/mol. The van der Waals surface area contributed by atoms with E-state index in [1.165, 1.54) is 18.2 Å². The molecular formula is C16H22BrClFN3O2. The number of nitrogens with zero attached hydrogens (tertiary/aromatic N) is 1. The van der Waals surface area contributed by atoms with E-state index >= 15 is 0 Å². The van der Waals surface area contributed by atoms with Crippen molar-refractivity contribution in [2.24, 2.45) is 0 Å². The van der Waals surface area contributed by atoms with Crippen molar-refractivity contribution in [3.63, 3.8) is 0 Å². The van der Waals surface area contributed by atoms with E-state index in [2.05, 4.69) is 26.6 Å². The number of halogens is 3. The summed E-state index contributed by atoms with van der Waals surface area (Å²) in [5, 5.41) is 5.88. The third-order valence-electron chi connectivity index (χ3n) is 4.05. The molecule has 1 aliphatic heterocycles. The minimum atomic E-state index is -0.471. The molecule has 134 valence electrons. The quantitative estimate of drug-likeness (QED) is 0.766. The summed E-state index contributed by atoms with van der Waals surface area (Å²) in [6, 6.07) is 4.41. The van der Waals surface area contributed by atoms with Crippen molar-refractivity contribution in [1.82, 2.24) is 15.5 Å². The van der Waals surface area contributed by atoms with Crippen molar-refractivity contribution < 1.29 is 14.0 Å². The molecule has 2 amide bonds. The van der Waals surface area contributed by atoms with Crippen LogP contribution in [0.25, 0.3) is 0 Å². The molecule has 1 fully saturated rings. The third-order valence-corrected chi connectivity index (χ3v) is 4.74. The van der Waals surface area contributed by atoms with Crippen molar-refractivity contribution in [1.29, 1.82) is 0 Å². The molecule has 0 atom stereocenters. The lowest BCUT2D eigenvalue weighted by Crippen LogP contribution is -2.44. The number of nitrogens with one attached hydrogen (secondary N) is 2. The zero-order chi connectivity index (χ0) is 16.8. The predicted molar refractivity (Wildman–Crippen MR) is 97.0 cm³/mol. The highest BCUT2D eigenvalue weighted by Crippen LogP contribution is 2.17. The molecule has 0 aliphatic carbocycles. The average Bonchev–Trinajstić information content (AvgIpc) is 2.56. The first-order valence-corrected chi connectivity index (χ1v) is 8.49. The second-order valence-electron chi connectivity index (χ2n) is 5.57. The molecule has 0 unspecified atom stereocenters. The first-order valence-electron chi connectivity index (χ1n) is 7.69. The van der Waals surface area contributed by atoms with E-state index < -0.39 is 11.7 Å². The molecular weight excluding hydrogens is 401 g/mol. The highest BCUT2D eigenvalue weighted by atomic mass is 79.9. The van der Waals surface area contributed by atoms with Gasteiger partial charge in [0.15, 0.2) is 0 Å². The molecule has 2 rings (SSSR count). The number of rotatable bonds is 5. The van der Waals surface area contributed by atoms with Gasteiger partial charge in [-0.25, -0.2) is 4.39 Å². The van der Waals surface area contributed by atoms with Gasteiger partial charge >= 0.3 is 0 Å². The average molecular weight is 423 g/mol. The molecule has 8 heteroatoms. The van der Waals surface area contributed by atoms with Crippen molar-refractivity contribution in [3.05, 3.63) is 34.1 Å². The molecule has 0 saturated carbocycles. The number of piperidine rings is 1. The van der Waals surface area contributed by atoms with Gasteiger partial charge in [0, 0.05) is 36.6 Å². The molecule has 1 saturated heterocycles. The Morgan fingerprint density at radius 1 is 1.33 bits per heavy atom. The van der Waals surface area contributed by atoms with Crippen LogP contribution in [-0.2, 0) is 4.79 Å². The van der Waals surface area contributed by atoms with Crippen LogP contribution in [0.5, 0.6) is 0 Å². The molecule has 0 spiro atoms. The lowest BCUT2D eigenvalue weighted by atomic mass is 10.1. The summed E-state index contributed by atoms with van der Waals surface area (Å²) in [6.45, 7) is 1.73. The topological polar surface area (TPSA) is 61.4 Å². The number of hydrogen-bond donors (Lipinski definition) is 2. The molecule has 1 aromatic rings. The maximum Gasteiger partial charge on any atom is 0.252 e. The predicted octanol–water partition coefficient (Wildman–Crippen LogP) is 2.34. The van der Waals surface area contributed by atoms with Crippen LogP contribution in [0.1, 0.15) is 29.6 Å². The van der Waals surface area contributed by atoms with E-state index in [0.29, 0.717) is 10.5 Å². The van der Waals surface area contributed by atoms with E-state index in [4.69, 9.17) is 0 Å². The van der Waals surface area contributed by atoms with Crippen LogP contribution in [0, 0.1) is 5.82 Å². The molecule has 5 nitrogen and oxygen atoms in total. The van der Waals surface area contributed by atoms with Crippen LogP contribution in [0.4, 0.5) is 4.39 Å². The van der Waals surface area contributed by atoms with Crippen LogP contribution in [-0.4, -0.2) is 49.4 Å².